The predicted octanol–water partition coefficient (Wildman–Crippen LogP) is 1.20. The van der Waals surface area contributed by atoms with Gasteiger partial charge in [0.05, 0.1) is 54.7 Å². The van der Waals surface area contributed by atoms with Crippen molar-refractivity contribution in [2.24, 2.45) is 5.73 Å². The third kappa shape index (κ3) is 12.7. The number of nitrogens with one attached hydrogen (secondary N) is 6. The molecule has 0 fully saturated rings. The molecule has 4 atom stereocenters. The normalized spacial score (nSPS) is 17.5. The number of halogens is 1. The van der Waals surface area contributed by atoms with Crippen molar-refractivity contribution in [3.8, 4) is 11.4 Å². The average molecular weight is 1090 g/mol. The van der Waals surface area contributed by atoms with Gasteiger partial charge < -0.3 is 52.0 Å². The number of hydrogen-bond acceptors (Lipinski definition) is 14. The molecule has 0 bridgehead atoms. The third-order valence-corrected chi connectivity index (χ3v) is 15.0. The first-order valence-electron chi connectivity index (χ1n) is 26.7. The minimum atomic E-state index is -2.07. The molecule has 4 aromatic rings. The fourth-order valence-corrected chi connectivity index (χ4v) is 10.7. The Kier molecular flexibility index (Phi) is 18.1. The Labute approximate surface area is 453 Å². The standard InChI is InChI=1S/C56H65FN10O12/c1-3-56(78)36-24-42-51-34(29-67(42)54(76)35(36)30-79-55(56)77)50-38(18-17-33-31(2)37(57)25-40(65-51)49(33)50)62-46(71)28-61-53(75)41(23-32-13-7-4-8-14-32)64-45(70)27-59-44(69)26-60-52(74)39(15-9-5-11-21-58)63-43(68)16-10-6-12-22-66-47(72)19-20-48(66)73/h4,7-8,13-14,19-20,24-25,38-39,41,78H,3,5-6,9-12,15-18,21-23,26-30,58H2,1-2H3,(H,59,69)(H,60,74)(H,61,75)(H,62,71)(H,63,68)(H,64,70)/t38-,39-,41-,56-/m0/s1. The van der Waals surface area contributed by atoms with Gasteiger partial charge in [0.15, 0.2) is 5.60 Å². The lowest BCUT2D eigenvalue weighted by Crippen LogP contribution is -2.53. The Morgan fingerprint density at radius 3 is 2.23 bits per heavy atom. The second-order valence-electron chi connectivity index (χ2n) is 20.2. The zero-order chi connectivity index (χ0) is 56.5. The van der Waals surface area contributed by atoms with E-state index in [1.54, 1.807) is 50.2 Å². The van der Waals surface area contributed by atoms with Gasteiger partial charge in [-0.2, -0.15) is 0 Å². The smallest absolute Gasteiger partial charge is 0.343 e. The molecule has 23 heteroatoms. The fourth-order valence-electron chi connectivity index (χ4n) is 10.7. The fraction of sp³-hybridized carbons (Fsp3) is 0.446. The number of pyridine rings is 2. The number of rotatable bonds is 25. The number of amides is 8. The van der Waals surface area contributed by atoms with E-state index in [9.17, 15) is 53.1 Å². The molecule has 8 rings (SSSR count). The first-order chi connectivity index (χ1) is 37.9. The van der Waals surface area contributed by atoms with Gasteiger partial charge in [0.2, 0.25) is 35.4 Å². The average Bonchev–Trinajstić information content (AvgIpc) is 3.40. The summed E-state index contributed by atoms with van der Waals surface area (Å²) in [6.07, 6.45) is 6.95. The summed E-state index contributed by atoms with van der Waals surface area (Å²) in [6.45, 7) is 2.02. The van der Waals surface area contributed by atoms with E-state index in [0.717, 1.165) is 4.90 Å². The van der Waals surface area contributed by atoms with E-state index in [4.69, 9.17) is 15.5 Å². The van der Waals surface area contributed by atoms with Crippen LogP contribution in [0.15, 0.2) is 59.4 Å². The topological polar surface area (TPSA) is 319 Å². The summed E-state index contributed by atoms with van der Waals surface area (Å²) in [6, 6.07) is 8.79. The van der Waals surface area contributed by atoms with Crippen LogP contribution in [0.1, 0.15) is 116 Å². The Bertz CT molecular complexity index is 3180. The molecule has 418 valence electrons. The van der Waals surface area contributed by atoms with E-state index in [-0.39, 0.29) is 79.7 Å². The van der Waals surface area contributed by atoms with Gasteiger partial charge in [0.25, 0.3) is 17.4 Å². The van der Waals surface area contributed by atoms with Gasteiger partial charge in [-0.05, 0) is 86.7 Å². The molecule has 8 amide bonds. The third-order valence-electron chi connectivity index (χ3n) is 15.0. The number of cyclic esters (lactones) is 1. The molecule has 4 aliphatic rings. The first-order valence-corrected chi connectivity index (χ1v) is 26.7. The summed E-state index contributed by atoms with van der Waals surface area (Å²) in [7, 11) is 0. The summed E-state index contributed by atoms with van der Waals surface area (Å²) in [4.78, 5) is 137. The zero-order valence-electron chi connectivity index (χ0n) is 44.1. The minimum absolute atomic E-state index is 0.0104. The lowest BCUT2D eigenvalue weighted by Gasteiger charge is -2.31. The van der Waals surface area contributed by atoms with E-state index in [0.29, 0.717) is 103 Å². The molecule has 0 saturated heterocycles. The lowest BCUT2D eigenvalue weighted by molar-refractivity contribution is -0.172. The first kappa shape index (κ1) is 57.0. The largest absolute Gasteiger partial charge is 0.458 e. The van der Waals surface area contributed by atoms with Crippen LogP contribution in [0.3, 0.4) is 0 Å². The van der Waals surface area contributed by atoms with Crippen LogP contribution < -0.4 is 43.2 Å². The van der Waals surface area contributed by atoms with Crippen molar-refractivity contribution in [3.63, 3.8) is 0 Å². The van der Waals surface area contributed by atoms with Gasteiger partial charge >= 0.3 is 5.97 Å². The number of nitrogens with zero attached hydrogens (tertiary/aromatic N) is 3. The minimum Gasteiger partial charge on any atom is -0.458 e. The molecule has 9 N–H and O–H groups in total. The number of esters is 1. The van der Waals surface area contributed by atoms with E-state index in [1.165, 1.54) is 22.8 Å². The monoisotopic (exact) mass is 1090 g/mol. The molecule has 2 aromatic carbocycles. The molecular formula is C56H65FN10O12. The Hall–Kier alpha value is -8.18. The van der Waals surface area contributed by atoms with Gasteiger partial charge in [0.1, 0.15) is 24.5 Å². The molecule has 0 saturated carbocycles. The van der Waals surface area contributed by atoms with Crippen LogP contribution in [-0.2, 0) is 79.5 Å². The number of aryl methyl sites for hydroxylation is 1. The van der Waals surface area contributed by atoms with Crippen LogP contribution in [0.2, 0.25) is 0 Å². The number of nitrogens with two attached hydrogens (primary N) is 1. The number of carbonyl (C=O) groups is 9. The van der Waals surface area contributed by atoms with Crippen molar-refractivity contribution in [3.05, 3.63) is 110 Å². The molecule has 0 unspecified atom stereocenters. The van der Waals surface area contributed by atoms with Crippen LogP contribution in [0.4, 0.5) is 4.39 Å². The second-order valence-corrected chi connectivity index (χ2v) is 20.2. The van der Waals surface area contributed by atoms with Gasteiger partial charge in [0, 0.05) is 54.1 Å². The van der Waals surface area contributed by atoms with Gasteiger partial charge in [-0.3, -0.25) is 48.1 Å². The molecule has 2 aromatic heterocycles. The number of hydrogen-bond donors (Lipinski definition) is 8. The van der Waals surface area contributed by atoms with E-state index < -0.39 is 90.2 Å². The van der Waals surface area contributed by atoms with Crippen molar-refractivity contribution >= 4 is 64.1 Å². The van der Waals surface area contributed by atoms with Crippen LogP contribution in [0.5, 0.6) is 0 Å². The zero-order valence-corrected chi connectivity index (χ0v) is 44.1. The Balaban J connectivity index is 0.874. The SMILES string of the molecule is CC[C@@]1(O)C(=O)OCc2c1cc1n(c2=O)Cc2c-1nc1cc(F)c(C)c3c1c2[C@@H](NC(=O)CNC(=O)[C@H](Cc1ccccc1)NC(=O)CNC(=O)CNC(=O)[C@H](CCCCCN)NC(=O)CCCCCN1C(=O)C=CC1=O)CC3. The second kappa shape index (κ2) is 25.1. The van der Waals surface area contributed by atoms with Gasteiger partial charge in [-0.15, -0.1) is 0 Å². The molecule has 79 heavy (non-hydrogen) atoms. The highest BCUT2D eigenvalue weighted by Gasteiger charge is 2.46. The van der Waals surface area contributed by atoms with E-state index in [2.05, 4.69) is 31.9 Å². The predicted molar refractivity (Wildman–Crippen MR) is 283 cm³/mol. The highest BCUT2D eigenvalue weighted by atomic mass is 19.1. The lowest BCUT2D eigenvalue weighted by atomic mass is 9.81. The molecule has 5 heterocycles. The van der Waals surface area contributed by atoms with Gasteiger partial charge in [-0.25, -0.2) is 14.2 Å². The Morgan fingerprint density at radius 1 is 0.823 bits per heavy atom. The number of benzene rings is 2. The summed E-state index contributed by atoms with van der Waals surface area (Å²) in [5.41, 5.74) is 7.25. The number of aromatic nitrogens is 2. The molecule has 0 radical (unpaired) electrons. The number of imide groups is 1. The molecule has 1 aliphatic carbocycles. The number of carbonyl (C=O) groups excluding carboxylic acids is 9. The van der Waals surface area contributed by atoms with Crippen molar-refractivity contribution in [1.29, 1.82) is 0 Å². The highest BCUT2D eigenvalue weighted by Crippen LogP contribution is 2.46. The van der Waals surface area contributed by atoms with Crippen molar-refractivity contribution in [2.75, 3.05) is 32.7 Å². The van der Waals surface area contributed by atoms with Crippen LogP contribution >= 0.6 is 0 Å². The van der Waals surface area contributed by atoms with Gasteiger partial charge in [-0.1, -0.05) is 56.5 Å². The van der Waals surface area contributed by atoms with E-state index >= 15 is 4.39 Å². The number of unbranched alkanes of at least 4 members (excludes halogenated alkanes) is 4. The maximum absolute atomic E-state index is 15.5. The summed E-state index contributed by atoms with van der Waals surface area (Å²) >= 11 is 0. The van der Waals surface area contributed by atoms with Crippen molar-refractivity contribution in [1.82, 2.24) is 46.4 Å². The van der Waals surface area contributed by atoms with Crippen LogP contribution in [0, 0.1) is 12.7 Å². The number of aliphatic hydroxyl groups is 1. The quantitative estimate of drug-likeness (QED) is 0.0232. The number of ether oxygens (including phenoxy) is 1. The summed E-state index contributed by atoms with van der Waals surface area (Å²) < 4.78 is 22.2. The van der Waals surface area contributed by atoms with Crippen molar-refractivity contribution in [2.45, 2.75) is 128 Å². The van der Waals surface area contributed by atoms with Crippen LogP contribution in [0.25, 0.3) is 22.3 Å². The maximum Gasteiger partial charge on any atom is 0.343 e. The van der Waals surface area contributed by atoms with E-state index in [1.807, 2.05) is 0 Å². The molecule has 0 spiro atoms. The highest BCUT2D eigenvalue weighted by molar-refractivity contribution is 6.12. The molecule has 22 nitrogen and oxygen atoms in total. The number of fused-ring (bicyclic) bond motifs is 5. The summed E-state index contributed by atoms with van der Waals surface area (Å²) in [5.74, 6) is -5.88. The molecular weight excluding hydrogens is 1020 g/mol. The maximum atomic E-state index is 15.5. The summed E-state index contributed by atoms with van der Waals surface area (Å²) in [5, 5.41) is 28.0. The Morgan fingerprint density at radius 2 is 1.51 bits per heavy atom. The van der Waals surface area contributed by atoms with Crippen molar-refractivity contribution < 1.29 is 57.4 Å². The van der Waals surface area contributed by atoms with Crippen LogP contribution in [-0.4, -0.2) is 118 Å². The molecule has 3 aliphatic heterocycles.